The monoisotopic (exact) mass is 333 g/mol. The quantitative estimate of drug-likeness (QED) is 0.628. The van der Waals surface area contributed by atoms with E-state index in [9.17, 15) is 0 Å². The highest BCUT2D eigenvalue weighted by Gasteiger charge is 2.06. The van der Waals surface area contributed by atoms with Crippen molar-refractivity contribution >= 4 is 17.3 Å². The summed E-state index contributed by atoms with van der Waals surface area (Å²) in [5.74, 6) is 1.80. The summed E-state index contributed by atoms with van der Waals surface area (Å²) in [6.07, 6.45) is 1.73. The molecule has 0 radical (unpaired) electrons. The fourth-order valence-electron chi connectivity index (χ4n) is 1.91. The van der Waals surface area contributed by atoms with E-state index in [0.29, 0.717) is 24.9 Å². The molecule has 0 aromatic carbocycles. The number of aliphatic imine (C=N–C) groups is 1. The van der Waals surface area contributed by atoms with E-state index in [1.165, 1.54) is 0 Å². The Labute approximate surface area is 141 Å². The molecule has 2 heterocycles. The standard InChI is InChI=1S/C16H23N5OS/c1-11(2)13-10-23-15(21-13)9-20-16(17-3)19-8-12-5-6-18-14(7-12)22-4/h5-7,10-11H,8-9H2,1-4H3,(H2,17,19,20). The number of nitrogens with one attached hydrogen (secondary N) is 2. The summed E-state index contributed by atoms with van der Waals surface area (Å²) in [5.41, 5.74) is 2.22. The molecule has 0 saturated carbocycles. The van der Waals surface area contributed by atoms with Gasteiger partial charge in [-0.15, -0.1) is 11.3 Å². The van der Waals surface area contributed by atoms with Crippen molar-refractivity contribution in [2.24, 2.45) is 4.99 Å². The number of hydrogen-bond donors (Lipinski definition) is 2. The molecule has 2 rings (SSSR count). The summed E-state index contributed by atoms with van der Waals surface area (Å²) in [7, 11) is 3.36. The molecule has 0 aliphatic heterocycles. The van der Waals surface area contributed by atoms with Crippen molar-refractivity contribution in [3.8, 4) is 5.88 Å². The van der Waals surface area contributed by atoms with Crippen molar-refractivity contribution in [1.29, 1.82) is 0 Å². The van der Waals surface area contributed by atoms with Gasteiger partial charge in [-0.05, 0) is 17.5 Å². The first-order chi connectivity index (χ1) is 11.1. The zero-order valence-electron chi connectivity index (χ0n) is 14.0. The normalized spacial score (nSPS) is 11.6. The van der Waals surface area contributed by atoms with E-state index in [4.69, 9.17) is 4.74 Å². The minimum Gasteiger partial charge on any atom is -0.481 e. The maximum Gasteiger partial charge on any atom is 0.213 e. The molecular formula is C16H23N5OS. The summed E-state index contributed by atoms with van der Waals surface area (Å²) in [6.45, 7) is 5.61. The Morgan fingerprint density at radius 1 is 1.35 bits per heavy atom. The van der Waals surface area contributed by atoms with Crippen molar-refractivity contribution in [2.75, 3.05) is 14.2 Å². The Balaban J connectivity index is 1.85. The van der Waals surface area contributed by atoms with Gasteiger partial charge in [-0.25, -0.2) is 9.97 Å². The van der Waals surface area contributed by atoms with Crippen LogP contribution in [-0.4, -0.2) is 30.1 Å². The third kappa shape index (κ3) is 5.21. The van der Waals surface area contributed by atoms with Gasteiger partial charge in [0, 0.05) is 31.2 Å². The lowest BCUT2D eigenvalue weighted by molar-refractivity contribution is 0.397. The Hall–Kier alpha value is -2.15. The van der Waals surface area contributed by atoms with E-state index >= 15 is 0 Å². The smallest absolute Gasteiger partial charge is 0.213 e. The Morgan fingerprint density at radius 2 is 2.13 bits per heavy atom. The van der Waals surface area contributed by atoms with Crippen molar-refractivity contribution in [3.63, 3.8) is 0 Å². The third-order valence-electron chi connectivity index (χ3n) is 3.26. The summed E-state index contributed by atoms with van der Waals surface area (Å²) in [6, 6.07) is 3.84. The topological polar surface area (TPSA) is 71.4 Å². The zero-order valence-corrected chi connectivity index (χ0v) is 14.8. The van der Waals surface area contributed by atoms with Gasteiger partial charge >= 0.3 is 0 Å². The summed E-state index contributed by atoms with van der Waals surface area (Å²) < 4.78 is 5.12. The average molecular weight is 333 g/mol. The summed E-state index contributed by atoms with van der Waals surface area (Å²) in [4.78, 5) is 12.9. The van der Waals surface area contributed by atoms with Crippen molar-refractivity contribution < 1.29 is 4.74 Å². The molecule has 2 aromatic rings. The number of rotatable bonds is 6. The van der Waals surface area contributed by atoms with E-state index in [-0.39, 0.29) is 0 Å². The van der Waals surface area contributed by atoms with Crippen LogP contribution in [0.25, 0.3) is 0 Å². The molecule has 23 heavy (non-hydrogen) atoms. The van der Waals surface area contributed by atoms with Crippen LogP contribution in [0.3, 0.4) is 0 Å². The molecule has 6 nitrogen and oxygen atoms in total. The number of hydrogen-bond acceptors (Lipinski definition) is 5. The second-order valence-electron chi connectivity index (χ2n) is 5.31. The minimum absolute atomic E-state index is 0.458. The van der Waals surface area contributed by atoms with Crippen LogP contribution in [0.4, 0.5) is 0 Å². The molecular weight excluding hydrogens is 310 g/mol. The predicted molar refractivity (Wildman–Crippen MR) is 94.0 cm³/mol. The molecule has 0 atom stereocenters. The van der Waals surface area contributed by atoms with E-state index in [2.05, 4.69) is 44.8 Å². The molecule has 0 fully saturated rings. The van der Waals surface area contributed by atoms with E-state index in [1.807, 2.05) is 12.1 Å². The first-order valence-corrected chi connectivity index (χ1v) is 8.38. The maximum atomic E-state index is 5.12. The second-order valence-corrected chi connectivity index (χ2v) is 6.25. The first-order valence-electron chi connectivity index (χ1n) is 7.50. The molecule has 0 amide bonds. The van der Waals surface area contributed by atoms with Crippen LogP contribution in [0.15, 0.2) is 28.7 Å². The molecule has 7 heteroatoms. The van der Waals surface area contributed by atoms with Gasteiger partial charge in [0.25, 0.3) is 0 Å². The Bertz CT molecular complexity index is 653. The van der Waals surface area contributed by atoms with E-state index < -0.39 is 0 Å². The molecule has 0 unspecified atom stereocenters. The van der Waals surface area contributed by atoms with Crippen molar-refractivity contribution in [1.82, 2.24) is 20.6 Å². The first kappa shape index (κ1) is 17.2. The minimum atomic E-state index is 0.458. The van der Waals surface area contributed by atoms with E-state index in [1.54, 1.807) is 31.7 Å². The molecule has 124 valence electrons. The molecule has 2 N–H and O–H groups in total. The van der Waals surface area contributed by atoms with Crippen LogP contribution >= 0.6 is 11.3 Å². The molecule has 0 aliphatic rings. The van der Waals surface area contributed by atoms with Gasteiger partial charge in [-0.2, -0.15) is 0 Å². The lowest BCUT2D eigenvalue weighted by Gasteiger charge is -2.11. The van der Waals surface area contributed by atoms with Crippen LogP contribution in [0, 0.1) is 0 Å². The highest BCUT2D eigenvalue weighted by atomic mass is 32.1. The van der Waals surface area contributed by atoms with Gasteiger partial charge in [0.1, 0.15) is 5.01 Å². The largest absolute Gasteiger partial charge is 0.481 e. The number of ether oxygens (including phenoxy) is 1. The highest BCUT2D eigenvalue weighted by molar-refractivity contribution is 7.09. The average Bonchev–Trinajstić information content (AvgIpc) is 3.04. The van der Waals surface area contributed by atoms with E-state index in [0.717, 1.165) is 22.2 Å². The van der Waals surface area contributed by atoms with Crippen LogP contribution in [-0.2, 0) is 13.1 Å². The van der Waals surface area contributed by atoms with Crippen LogP contribution < -0.4 is 15.4 Å². The van der Waals surface area contributed by atoms with Gasteiger partial charge in [0.15, 0.2) is 5.96 Å². The SMILES string of the molecule is CN=C(NCc1ccnc(OC)c1)NCc1nc(C(C)C)cs1. The number of guanidine groups is 1. The number of methoxy groups -OCH3 is 1. The lowest BCUT2D eigenvalue weighted by atomic mass is 10.2. The maximum absolute atomic E-state index is 5.12. The van der Waals surface area contributed by atoms with Gasteiger partial charge in [0.05, 0.1) is 19.3 Å². The van der Waals surface area contributed by atoms with Gasteiger partial charge in [-0.3, -0.25) is 4.99 Å². The fourth-order valence-corrected chi connectivity index (χ4v) is 2.80. The summed E-state index contributed by atoms with van der Waals surface area (Å²) in [5, 5.41) is 9.72. The Kier molecular flexibility index (Phi) is 6.34. The second kappa shape index (κ2) is 8.47. The van der Waals surface area contributed by atoms with Crippen molar-refractivity contribution in [2.45, 2.75) is 32.9 Å². The number of pyridine rings is 1. The highest BCUT2D eigenvalue weighted by Crippen LogP contribution is 2.17. The van der Waals surface area contributed by atoms with Gasteiger partial charge in [0.2, 0.25) is 5.88 Å². The van der Waals surface area contributed by atoms with Gasteiger partial charge in [-0.1, -0.05) is 13.8 Å². The number of aromatic nitrogens is 2. The third-order valence-corrected chi connectivity index (χ3v) is 4.13. The van der Waals surface area contributed by atoms with Crippen LogP contribution in [0.1, 0.15) is 36.0 Å². The van der Waals surface area contributed by atoms with Crippen LogP contribution in [0.5, 0.6) is 5.88 Å². The van der Waals surface area contributed by atoms with Crippen molar-refractivity contribution in [3.05, 3.63) is 40.0 Å². The molecule has 2 aromatic heterocycles. The zero-order chi connectivity index (χ0) is 16.7. The lowest BCUT2D eigenvalue weighted by Crippen LogP contribution is -2.36. The number of nitrogens with zero attached hydrogens (tertiary/aromatic N) is 3. The summed E-state index contributed by atoms with van der Waals surface area (Å²) >= 11 is 1.67. The predicted octanol–water partition coefficient (Wildman–Crippen LogP) is 2.54. The molecule has 0 bridgehead atoms. The molecule has 0 aliphatic carbocycles. The Morgan fingerprint density at radius 3 is 2.78 bits per heavy atom. The number of thiazole rings is 1. The molecule has 0 spiro atoms. The fraction of sp³-hybridized carbons (Fsp3) is 0.438. The van der Waals surface area contributed by atoms with Gasteiger partial charge < -0.3 is 15.4 Å². The molecule has 0 saturated heterocycles. The van der Waals surface area contributed by atoms with Crippen LogP contribution in [0.2, 0.25) is 0 Å².